The lowest BCUT2D eigenvalue weighted by Crippen LogP contribution is -2.45. The fourth-order valence-corrected chi connectivity index (χ4v) is 5.55. The zero-order valence-electron chi connectivity index (χ0n) is 19.8. The van der Waals surface area contributed by atoms with Crippen LogP contribution in [-0.4, -0.2) is 24.4 Å². The number of hydrogen-bond acceptors (Lipinski definition) is 4. The van der Waals surface area contributed by atoms with Gasteiger partial charge < -0.3 is 19.7 Å². The highest BCUT2D eigenvalue weighted by Crippen LogP contribution is 2.59. The van der Waals surface area contributed by atoms with Gasteiger partial charge in [0, 0.05) is 22.3 Å². The summed E-state index contributed by atoms with van der Waals surface area (Å²) in [4.78, 5) is 0. The van der Waals surface area contributed by atoms with Gasteiger partial charge in [-0.25, -0.2) is 0 Å². The molecule has 4 aromatic rings. The minimum Gasteiger partial charge on any atom is -0.496 e. The highest BCUT2D eigenvalue weighted by atomic mass is 16.5. The summed E-state index contributed by atoms with van der Waals surface area (Å²) in [6.45, 7) is 3.93. The van der Waals surface area contributed by atoms with E-state index in [2.05, 4.69) is 0 Å². The molecule has 1 aliphatic rings. The van der Waals surface area contributed by atoms with E-state index >= 15 is 0 Å². The summed E-state index contributed by atoms with van der Waals surface area (Å²) < 4.78 is 11.6. The predicted molar refractivity (Wildman–Crippen MR) is 133 cm³/mol. The molecule has 4 heteroatoms. The average molecular weight is 453 g/mol. The SMILES string of the molecule is COc1ccc(OC)c2c1[C@@](O)(c1ccccc1)c1c(C)ccc(C)c1[C@@]2(O)c1ccccc1. The van der Waals surface area contributed by atoms with Gasteiger partial charge in [-0.15, -0.1) is 0 Å². The molecule has 0 amide bonds. The Kier molecular flexibility index (Phi) is 5.23. The number of methoxy groups -OCH3 is 2. The fraction of sp³-hybridized carbons (Fsp3) is 0.200. The third kappa shape index (κ3) is 2.86. The van der Waals surface area contributed by atoms with Crippen LogP contribution in [0.5, 0.6) is 11.5 Å². The molecule has 0 saturated heterocycles. The average Bonchev–Trinajstić information content (AvgIpc) is 2.88. The largest absolute Gasteiger partial charge is 0.496 e. The molecule has 2 atom stereocenters. The van der Waals surface area contributed by atoms with E-state index in [1.54, 1.807) is 26.4 Å². The molecule has 0 heterocycles. The molecule has 0 unspecified atom stereocenters. The number of ether oxygens (including phenoxy) is 2. The molecule has 0 aliphatic heterocycles. The smallest absolute Gasteiger partial charge is 0.145 e. The molecular weight excluding hydrogens is 424 g/mol. The Morgan fingerprint density at radius 1 is 0.500 bits per heavy atom. The van der Waals surface area contributed by atoms with Gasteiger partial charge in [0.2, 0.25) is 0 Å². The molecule has 0 saturated carbocycles. The lowest BCUT2D eigenvalue weighted by atomic mass is 9.61. The standard InChI is InChI=1S/C30H28O4/c1-19-15-16-20(2)26-25(19)29(31,21-11-7-5-8-12-21)27-23(33-3)17-18-24(34-4)28(27)30(26,32)22-13-9-6-10-14-22/h5-18,31-32H,1-4H3/t29-,30+. The number of aryl methyl sites for hydroxylation is 2. The molecule has 0 aromatic heterocycles. The zero-order valence-corrected chi connectivity index (χ0v) is 19.8. The van der Waals surface area contributed by atoms with Crippen molar-refractivity contribution in [3.63, 3.8) is 0 Å². The maximum atomic E-state index is 12.8. The molecule has 0 fully saturated rings. The van der Waals surface area contributed by atoms with Crippen LogP contribution in [0, 0.1) is 13.8 Å². The van der Waals surface area contributed by atoms with Gasteiger partial charge >= 0.3 is 0 Å². The Hall–Kier alpha value is -3.60. The predicted octanol–water partition coefficient (Wildman–Crippen LogP) is 5.20. The van der Waals surface area contributed by atoms with Gasteiger partial charge in [0.1, 0.15) is 22.7 Å². The first-order chi connectivity index (χ1) is 16.4. The highest BCUT2D eigenvalue weighted by molar-refractivity contribution is 5.73. The monoisotopic (exact) mass is 452 g/mol. The first-order valence-corrected chi connectivity index (χ1v) is 11.3. The molecule has 1 aliphatic carbocycles. The lowest BCUT2D eigenvalue weighted by molar-refractivity contribution is 0.0689. The lowest BCUT2D eigenvalue weighted by Gasteiger charge is -2.47. The number of benzene rings is 4. The summed E-state index contributed by atoms with van der Waals surface area (Å²) in [6.07, 6.45) is 0. The molecule has 0 spiro atoms. The molecular formula is C30H28O4. The van der Waals surface area contributed by atoms with Crippen molar-refractivity contribution in [1.29, 1.82) is 0 Å². The van der Waals surface area contributed by atoms with Crippen molar-refractivity contribution in [2.75, 3.05) is 14.2 Å². The van der Waals surface area contributed by atoms with Crippen LogP contribution in [0.25, 0.3) is 0 Å². The van der Waals surface area contributed by atoms with Crippen LogP contribution in [0.15, 0.2) is 84.9 Å². The summed E-state index contributed by atoms with van der Waals surface area (Å²) in [5.41, 5.74) is 2.23. The molecule has 0 radical (unpaired) electrons. The van der Waals surface area contributed by atoms with Gasteiger partial charge in [-0.3, -0.25) is 0 Å². The topological polar surface area (TPSA) is 58.9 Å². The van der Waals surface area contributed by atoms with E-state index < -0.39 is 11.2 Å². The van der Waals surface area contributed by atoms with Crippen LogP contribution in [0.4, 0.5) is 0 Å². The van der Waals surface area contributed by atoms with Gasteiger partial charge in [0.15, 0.2) is 0 Å². The molecule has 172 valence electrons. The van der Waals surface area contributed by atoms with Crippen LogP contribution in [0.1, 0.15) is 44.5 Å². The van der Waals surface area contributed by atoms with Crippen LogP contribution in [-0.2, 0) is 11.2 Å². The van der Waals surface area contributed by atoms with E-state index in [0.717, 1.165) is 11.1 Å². The van der Waals surface area contributed by atoms with E-state index in [4.69, 9.17) is 9.47 Å². The summed E-state index contributed by atoms with van der Waals surface area (Å²) in [5, 5.41) is 25.6. The maximum Gasteiger partial charge on any atom is 0.145 e. The fourth-order valence-electron chi connectivity index (χ4n) is 5.55. The summed E-state index contributed by atoms with van der Waals surface area (Å²) >= 11 is 0. The maximum absolute atomic E-state index is 12.8. The van der Waals surface area contributed by atoms with E-state index in [9.17, 15) is 10.2 Å². The van der Waals surface area contributed by atoms with Gasteiger partial charge in [0.25, 0.3) is 0 Å². The van der Waals surface area contributed by atoms with Crippen LogP contribution in [0.2, 0.25) is 0 Å². The van der Waals surface area contributed by atoms with Crippen molar-refractivity contribution in [2.24, 2.45) is 0 Å². The van der Waals surface area contributed by atoms with Crippen LogP contribution >= 0.6 is 0 Å². The first-order valence-electron chi connectivity index (χ1n) is 11.3. The van der Waals surface area contributed by atoms with Crippen LogP contribution in [0.3, 0.4) is 0 Å². The Balaban J connectivity index is 2.07. The molecule has 2 N–H and O–H groups in total. The van der Waals surface area contributed by atoms with Crippen molar-refractivity contribution < 1.29 is 19.7 Å². The first kappa shape index (κ1) is 22.2. The minimum absolute atomic E-state index is 0.475. The van der Waals surface area contributed by atoms with E-state index in [0.29, 0.717) is 44.9 Å². The number of aliphatic hydroxyl groups is 2. The molecule has 0 bridgehead atoms. The van der Waals surface area contributed by atoms with E-state index in [1.165, 1.54) is 0 Å². The van der Waals surface area contributed by atoms with E-state index in [1.807, 2.05) is 86.6 Å². The second-order valence-corrected chi connectivity index (χ2v) is 8.82. The minimum atomic E-state index is -1.58. The van der Waals surface area contributed by atoms with Gasteiger partial charge in [-0.1, -0.05) is 72.8 Å². The van der Waals surface area contributed by atoms with Crippen molar-refractivity contribution in [3.8, 4) is 11.5 Å². The Morgan fingerprint density at radius 2 is 0.853 bits per heavy atom. The highest BCUT2D eigenvalue weighted by Gasteiger charge is 2.55. The van der Waals surface area contributed by atoms with Gasteiger partial charge in [-0.05, 0) is 48.2 Å². The van der Waals surface area contributed by atoms with Crippen molar-refractivity contribution in [3.05, 3.63) is 129 Å². The summed E-state index contributed by atoms with van der Waals surface area (Å²) in [6, 6.07) is 26.6. The zero-order chi connectivity index (χ0) is 24.1. The molecule has 34 heavy (non-hydrogen) atoms. The third-order valence-corrected chi connectivity index (χ3v) is 7.02. The quantitative estimate of drug-likeness (QED) is 0.447. The van der Waals surface area contributed by atoms with Crippen molar-refractivity contribution in [1.82, 2.24) is 0 Å². The van der Waals surface area contributed by atoms with Gasteiger partial charge in [-0.2, -0.15) is 0 Å². The Morgan fingerprint density at radius 3 is 1.18 bits per heavy atom. The number of hydrogen-bond donors (Lipinski definition) is 2. The Labute approximate surface area is 200 Å². The van der Waals surface area contributed by atoms with E-state index in [-0.39, 0.29) is 0 Å². The summed E-state index contributed by atoms with van der Waals surface area (Å²) in [5.74, 6) is 0.950. The number of rotatable bonds is 4. The second kappa shape index (κ2) is 8.01. The summed E-state index contributed by atoms with van der Waals surface area (Å²) in [7, 11) is 3.15. The molecule has 5 rings (SSSR count). The third-order valence-electron chi connectivity index (χ3n) is 7.02. The molecule has 4 aromatic carbocycles. The Bertz CT molecular complexity index is 1260. The normalized spacial score (nSPS) is 20.9. The van der Waals surface area contributed by atoms with Crippen molar-refractivity contribution in [2.45, 2.75) is 25.0 Å². The second-order valence-electron chi connectivity index (χ2n) is 8.82. The number of fused-ring (bicyclic) bond motifs is 2. The van der Waals surface area contributed by atoms with Crippen molar-refractivity contribution >= 4 is 0 Å². The van der Waals surface area contributed by atoms with Crippen LogP contribution < -0.4 is 9.47 Å². The van der Waals surface area contributed by atoms with Gasteiger partial charge in [0.05, 0.1) is 14.2 Å². The molecule has 4 nitrogen and oxygen atoms in total.